The Balaban J connectivity index is 1.68. The van der Waals surface area contributed by atoms with Gasteiger partial charge in [0.2, 0.25) is 11.8 Å². The van der Waals surface area contributed by atoms with E-state index < -0.39 is 28.5 Å². The average molecular weight is 641 g/mol. The molecule has 1 aliphatic carbocycles. The molecule has 1 aliphatic rings. The van der Waals surface area contributed by atoms with Gasteiger partial charge >= 0.3 is 0 Å². The molecule has 4 rings (SSSR count). The Labute approximate surface area is 252 Å². The van der Waals surface area contributed by atoms with Gasteiger partial charge in [-0.2, -0.15) is 0 Å². The highest BCUT2D eigenvalue weighted by Crippen LogP contribution is 2.27. The van der Waals surface area contributed by atoms with Crippen molar-refractivity contribution in [1.82, 2.24) is 10.2 Å². The van der Waals surface area contributed by atoms with Crippen LogP contribution in [-0.2, 0) is 26.2 Å². The number of hydrogen-bond donors (Lipinski definition) is 1. The minimum atomic E-state index is -4.08. The number of rotatable bonds is 11. The zero-order valence-corrected chi connectivity index (χ0v) is 26.2. The van der Waals surface area contributed by atoms with Crippen molar-refractivity contribution < 1.29 is 18.0 Å². The molecule has 1 fully saturated rings. The van der Waals surface area contributed by atoms with Gasteiger partial charge in [0.25, 0.3) is 10.0 Å². The number of benzene rings is 3. The van der Waals surface area contributed by atoms with Gasteiger partial charge in [0.15, 0.2) is 0 Å². The van der Waals surface area contributed by atoms with E-state index in [0.29, 0.717) is 5.69 Å². The van der Waals surface area contributed by atoms with Crippen LogP contribution in [0.5, 0.6) is 0 Å². The maximum atomic E-state index is 14.1. The Bertz CT molecular complexity index is 1440. The minimum Gasteiger partial charge on any atom is -0.352 e. The highest BCUT2D eigenvalue weighted by atomic mass is 79.9. The monoisotopic (exact) mass is 639 g/mol. The summed E-state index contributed by atoms with van der Waals surface area (Å²) in [5.41, 5.74) is 2.27. The molecule has 1 N–H and O–H groups in total. The summed E-state index contributed by atoms with van der Waals surface area (Å²) in [4.78, 5) is 29.0. The number of amides is 2. The van der Waals surface area contributed by atoms with E-state index in [9.17, 15) is 18.0 Å². The van der Waals surface area contributed by atoms with E-state index in [1.165, 1.54) is 17.0 Å². The lowest BCUT2D eigenvalue weighted by molar-refractivity contribution is -0.139. The van der Waals surface area contributed by atoms with Crippen LogP contribution in [0.3, 0.4) is 0 Å². The molecule has 0 unspecified atom stereocenters. The highest BCUT2D eigenvalue weighted by Gasteiger charge is 2.33. The molecular formula is C32H38BrN3O4S. The fourth-order valence-electron chi connectivity index (χ4n) is 5.08. The second-order valence-corrected chi connectivity index (χ2v) is 13.7. The topological polar surface area (TPSA) is 86.8 Å². The van der Waals surface area contributed by atoms with Gasteiger partial charge in [-0.25, -0.2) is 8.42 Å². The Hall–Kier alpha value is -3.17. The SMILES string of the molecule is CC(C)c1ccc(N(CC(=O)N(Cc2cccc(Br)c2)[C@@H](C)C(=O)NC2CCCC2)S(=O)(=O)c2ccccc2)cc1. The number of carbonyl (C=O) groups is 2. The van der Waals surface area contributed by atoms with E-state index in [-0.39, 0.29) is 29.3 Å². The summed E-state index contributed by atoms with van der Waals surface area (Å²) in [6.07, 6.45) is 3.99. The molecule has 1 atom stereocenters. The van der Waals surface area contributed by atoms with Crippen molar-refractivity contribution in [3.8, 4) is 0 Å². The molecule has 218 valence electrons. The number of nitrogens with zero attached hydrogens (tertiary/aromatic N) is 2. The second-order valence-electron chi connectivity index (χ2n) is 10.9. The Kier molecular flexibility index (Phi) is 10.3. The van der Waals surface area contributed by atoms with Crippen molar-refractivity contribution in [2.75, 3.05) is 10.8 Å². The third kappa shape index (κ3) is 7.77. The number of carbonyl (C=O) groups excluding carboxylic acids is 2. The molecule has 0 bridgehead atoms. The summed E-state index contributed by atoms with van der Waals surface area (Å²) in [5, 5.41) is 3.10. The normalized spacial score (nSPS) is 14.6. The smallest absolute Gasteiger partial charge is 0.264 e. The number of hydrogen-bond acceptors (Lipinski definition) is 4. The van der Waals surface area contributed by atoms with Crippen LogP contribution in [0.2, 0.25) is 0 Å². The van der Waals surface area contributed by atoms with Crippen LogP contribution in [0, 0.1) is 0 Å². The zero-order chi connectivity index (χ0) is 29.6. The van der Waals surface area contributed by atoms with Crippen LogP contribution in [0.25, 0.3) is 0 Å². The predicted octanol–water partition coefficient (Wildman–Crippen LogP) is 6.24. The molecule has 0 saturated heterocycles. The zero-order valence-electron chi connectivity index (χ0n) is 23.8. The van der Waals surface area contributed by atoms with Crippen LogP contribution < -0.4 is 9.62 Å². The molecule has 0 spiro atoms. The van der Waals surface area contributed by atoms with E-state index in [1.807, 2.05) is 36.4 Å². The Morgan fingerprint density at radius 2 is 1.59 bits per heavy atom. The van der Waals surface area contributed by atoms with Crippen molar-refractivity contribution in [2.45, 2.75) is 75.9 Å². The number of halogens is 1. The van der Waals surface area contributed by atoms with Gasteiger partial charge in [-0.1, -0.05) is 85.1 Å². The van der Waals surface area contributed by atoms with Gasteiger partial charge < -0.3 is 10.2 Å². The number of anilines is 1. The first-order valence-electron chi connectivity index (χ1n) is 14.1. The van der Waals surface area contributed by atoms with Crippen LogP contribution >= 0.6 is 15.9 Å². The van der Waals surface area contributed by atoms with Crippen LogP contribution in [0.1, 0.15) is 63.5 Å². The third-order valence-corrected chi connectivity index (χ3v) is 9.85. The van der Waals surface area contributed by atoms with Crippen LogP contribution in [0.4, 0.5) is 5.69 Å². The van der Waals surface area contributed by atoms with E-state index in [0.717, 1.165) is 45.6 Å². The lowest BCUT2D eigenvalue weighted by Crippen LogP contribution is -2.52. The average Bonchev–Trinajstić information content (AvgIpc) is 3.47. The van der Waals surface area contributed by atoms with E-state index >= 15 is 0 Å². The van der Waals surface area contributed by atoms with Crippen molar-refractivity contribution >= 4 is 43.5 Å². The van der Waals surface area contributed by atoms with Gasteiger partial charge in [0.05, 0.1) is 10.6 Å². The molecule has 0 heterocycles. The summed E-state index contributed by atoms with van der Waals surface area (Å²) < 4.78 is 29.8. The minimum absolute atomic E-state index is 0.0892. The molecule has 3 aromatic carbocycles. The van der Waals surface area contributed by atoms with Crippen molar-refractivity contribution in [1.29, 1.82) is 0 Å². The standard InChI is InChI=1S/C32H38BrN3O4S/c1-23(2)26-16-18-29(19-17-26)36(41(39,40)30-14-5-4-6-15-30)22-31(37)35(21-25-10-9-11-27(33)20-25)24(3)32(38)34-28-12-7-8-13-28/h4-6,9-11,14-20,23-24,28H,7-8,12-13,21-22H2,1-3H3,(H,34,38)/t24-/m0/s1. The Morgan fingerprint density at radius 1 is 0.927 bits per heavy atom. The fourth-order valence-corrected chi connectivity index (χ4v) is 6.96. The lowest BCUT2D eigenvalue weighted by atomic mass is 10.0. The van der Waals surface area contributed by atoms with E-state index in [1.54, 1.807) is 37.3 Å². The summed E-state index contributed by atoms with van der Waals surface area (Å²) in [5.74, 6) is -0.435. The number of nitrogens with one attached hydrogen (secondary N) is 1. The fraction of sp³-hybridized carbons (Fsp3) is 0.375. The van der Waals surface area contributed by atoms with E-state index in [4.69, 9.17) is 0 Å². The quantitative estimate of drug-likeness (QED) is 0.269. The third-order valence-electron chi connectivity index (χ3n) is 7.57. The molecule has 0 aliphatic heterocycles. The van der Waals surface area contributed by atoms with Gasteiger partial charge in [-0.15, -0.1) is 0 Å². The van der Waals surface area contributed by atoms with Crippen LogP contribution in [0.15, 0.2) is 88.2 Å². The van der Waals surface area contributed by atoms with Gasteiger partial charge in [0.1, 0.15) is 12.6 Å². The van der Waals surface area contributed by atoms with Crippen LogP contribution in [-0.4, -0.2) is 43.8 Å². The summed E-state index contributed by atoms with van der Waals surface area (Å²) in [6.45, 7) is 5.54. The van der Waals surface area contributed by atoms with Crippen molar-refractivity contribution in [2.24, 2.45) is 0 Å². The number of sulfonamides is 1. The largest absolute Gasteiger partial charge is 0.352 e. The highest BCUT2D eigenvalue weighted by molar-refractivity contribution is 9.10. The second kappa shape index (κ2) is 13.7. The van der Waals surface area contributed by atoms with Gasteiger partial charge in [0, 0.05) is 17.1 Å². The van der Waals surface area contributed by atoms with Crippen molar-refractivity contribution in [3.05, 3.63) is 94.5 Å². The molecule has 0 radical (unpaired) electrons. The van der Waals surface area contributed by atoms with E-state index in [2.05, 4.69) is 35.1 Å². The molecule has 2 amide bonds. The van der Waals surface area contributed by atoms with Gasteiger partial charge in [-0.3, -0.25) is 13.9 Å². The maximum Gasteiger partial charge on any atom is 0.264 e. The first-order valence-corrected chi connectivity index (χ1v) is 16.3. The lowest BCUT2D eigenvalue weighted by Gasteiger charge is -2.32. The summed E-state index contributed by atoms with van der Waals surface area (Å²) in [7, 11) is -4.08. The first-order chi connectivity index (χ1) is 19.6. The Morgan fingerprint density at radius 3 is 2.20 bits per heavy atom. The van der Waals surface area contributed by atoms with Crippen molar-refractivity contribution in [3.63, 3.8) is 0 Å². The molecule has 3 aromatic rings. The van der Waals surface area contributed by atoms with Gasteiger partial charge in [-0.05, 0) is 73.2 Å². The molecule has 1 saturated carbocycles. The summed E-state index contributed by atoms with van der Waals surface area (Å²) in [6, 6.07) is 22.2. The maximum absolute atomic E-state index is 14.1. The predicted molar refractivity (Wildman–Crippen MR) is 166 cm³/mol. The first kappa shape index (κ1) is 30.8. The molecular weight excluding hydrogens is 602 g/mol. The molecule has 9 heteroatoms. The molecule has 7 nitrogen and oxygen atoms in total. The molecule has 41 heavy (non-hydrogen) atoms. The summed E-state index contributed by atoms with van der Waals surface area (Å²) >= 11 is 3.48. The molecule has 0 aromatic heterocycles.